The minimum absolute atomic E-state index is 0.0417. The van der Waals surface area contributed by atoms with E-state index < -0.39 is 5.97 Å². The molecule has 0 saturated carbocycles. The maximum atomic E-state index is 11.8. The third-order valence-electron chi connectivity index (χ3n) is 2.72. The lowest BCUT2D eigenvalue weighted by atomic mass is 10.2. The first-order valence-corrected chi connectivity index (χ1v) is 7.01. The van der Waals surface area contributed by atoms with Crippen molar-refractivity contribution in [3.05, 3.63) is 35.9 Å². The van der Waals surface area contributed by atoms with Gasteiger partial charge in [0, 0.05) is 24.2 Å². The molecule has 0 bridgehead atoms. The Labute approximate surface area is 125 Å². The second-order valence-corrected chi connectivity index (χ2v) is 5.06. The van der Waals surface area contributed by atoms with E-state index in [9.17, 15) is 9.59 Å². The van der Waals surface area contributed by atoms with Crippen LogP contribution in [0.15, 0.2) is 30.3 Å². The summed E-state index contributed by atoms with van der Waals surface area (Å²) in [4.78, 5) is 22.3. The van der Waals surface area contributed by atoms with E-state index in [0.29, 0.717) is 18.2 Å². The van der Waals surface area contributed by atoms with Crippen molar-refractivity contribution in [1.82, 2.24) is 5.32 Å². The normalized spacial score (nSPS) is 11.0. The van der Waals surface area contributed by atoms with Crippen LogP contribution in [0, 0.1) is 0 Å². The van der Waals surface area contributed by atoms with Crippen molar-refractivity contribution >= 4 is 23.6 Å². The fourth-order valence-electron chi connectivity index (χ4n) is 1.75. The van der Waals surface area contributed by atoms with Gasteiger partial charge in [0.15, 0.2) is 0 Å². The highest BCUT2D eigenvalue weighted by molar-refractivity contribution is 5.91. The molecule has 1 aromatic carbocycles. The monoisotopic (exact) mass is 290 g/mol. The first kappa shape index (κ1) is 16.9. The van der Waals surface area contributed by atoms with Crippen molar-refractivity contribution < 1.29 is 14.7 Å². The number of carbonyl (C=O) groups is 2. The average Bonchev–Trinajstić information content (AvgIpc) is 2.41. The van der Waals surface area contributed by atoms with Crippen molar-refractivity contribution in [3.63, 3.8) is 0 Å². The number of carboxylic acids is 1. The molecule has 21 heavy (non-hydrogen) atoms. The van der Waals surface area contributed by atoms with E-state index in [-0.39, 0.29) is 5.91 Å². The molecule has 0 spiro atoms. The van der Waals surface area contributed by atoms with E-state index in [0.717, 1.165) is 24.6 Å². The molecule has 1 aromatic rings. The summed E-state index contributed by atoms with van der Waals surface area (Å²) in [5.74, 6) is -1.04. The van der Waals surface area contributed by atoms with Gasteiger partial charge in [-0.25, -0.2) is 4.79 Å². The van der Waals surface area contributed by atoms with Gasteiger partial charge in [0.2, 0.25) is 5.91 Å². The number of anilines is 1. The molecule has 3 N–H and O–H groups in total. The maximum Gasteiger partial charge on any atom is 0.328 e. The Morgan fingerprint density at radius 2 is 2.10 bits per heavy atom. The van der Waals surface area contributed by atoms with Crippen LogP contribution < -0.4 is 10.6 Å². The molecule has 0 aliphatic carbocycles. The van der Waals surface area contributed by atoms with Crippen molar-refractivity contribution in [2.75, 3.05) is 11.9 Å². The van der Waals surface area contributed by atoms with Gasteiger partial charge < -0.3 is 15.7 Å². The number of aliphatic carboxylic acids is 1. The molecule has 0 heterocycles. The molecule has 0 saturated heterocycles. The van der Waals surface area contributed by atoms with Crippen LogP contribution in [-0.4, -0.2) is 29.6 Å². The summed E-state index contributed by atoms with van der Waals surface area (Å²) in [6.45, 7) is 4.94. The van der Waals surface area contributed by atoms with Crippen LogP contribution in [0.3, 0.4) is 0 Å². The van der Waals surface area contributed by atoms with Crippen LogP contribution in [0.1, 0.15) is 32.3 Å². The smallest absolute Gasteiger partial charge is 0.328 e. The number of carbonyl (C=O) groups excluding carboxylic acids is 1. The van der Waals surface area contributed by atoms with Gasteiger partial charge >= 0.3 is 5.97 Å². The van der Waals surface area contributed by atoms with Crippen LogP contribution in [0.25, 0.3) is 6.08 Å². The highest BCUT2D eigenvalue weighted by Gasteiger charge is 2.03. The molecule has 0 aliphatic heterocycles. The summed E-state index contributed by atoms with van der Waals surface area (Å²) in [6.07, 6.45) is 3.79. The standard InChI is InChI=1S/C16H22N2O3/c1-12(2)17-10-4-7-15(19)18-14-6-3-5-13(11-14)8-9-16(20)21/h3,5-6,8-9,11-12,17H,4,7,10H2,1-2H3,(H,18,19)(H,20,21)/b9-8+. The van der Waals surface area contributed by atoms with E-state index in [4.69, 9.17) is 5.11 Å². The first-order valence-electron chi connectivity index (χ1n) is 7.01. The van der Waals surface area contributed by atoms with E-state index in [1.54, 1.807) is 24.3 Å². The van der Waals surface area contributed by atoms with Gasteiger partial charge in [0.25, 0.3) is 0 Å². The molecule has 1 amide bonds. The molecular formula is C16H22N2O3. The Morgan fingerprint density at radius 3 is 2.76 bits per heavy atom. The Kier molecular flexibility index (Phi) is 7.18. The van der Waals surface area contributed by atoms with Crippen molar-refractivity contribution in [2.45, 2.75) is 32.7 Å². The lowest BCUT2D eigenvalue weighted by molar-refractivity contribution is -0.131. The van der Waals surface area contributed by atoms with E-state index in [1.165, 1.54) is 6.08 Å². The van der Waals surface area contributed by atoms with Gasteiger partial charge in [0.05, 0.1) is 0 Å². The van der Waals surface area contributed by atoms with Gasteiger partial charge in [-0.15, -0.1) is 0 Å². The highest BCUT2D eigenvalue weighted by Crippen LogP contribution is 2.12. The minimum atomic E-state index is -0.998. The molecule has 1 rings (SSSR count). The molecule has 0 fully saturated rings. The Morgan fingerprint density at radius 1 is 1.33 bits per heavy atom. The average molecular weight is 290 g/mol. The number of nitrogens with one attached hydrogen (secondary N) is 2. The molecule has 114 valence electrons. The summed E-state index contributed by atoms with van der Waals surface area (Å²) >= 11 is 0. The molecule has 0 aliphatic rings. The first-order chi connectivity index (χ1) is 9.97. The maximum absolute atomic E-state index is 11.8. The summed E-state index contributed by atoms with van der Waals surface area (Å²) in [6, 6.07) is 7.50. The zero-order chi connectivity index (χ0) is 15.7. The molecule has 0 unspecified atom stereocenters. The number of amides is 1. The summed E-state index contributed by atoms with van der Waals surface area (Å²) in [7, 11) is 0. The molecule has 0 aromatic heterocycles. The highest BCUT2D eigenvalue weighted by atomic mass is 16.4. The number of hydrogen-bond acceptors (Lipinski definition) is 3. The molecule has 0 atom stereocenters. The molecule has 0 radical (unpaired) electrons. The second kappa shape index (κ2) is 8.92. The van der Waals surface area contributed by atoms with Crippen LogP contribution in [-0.2, 0) is 9.59 Å². The topological polar surface area (TPSA) is 78.4 Å². The molecular weight excluding hydrogens is 268 g/mol. The van der Waals surface area contributed by atoms with Crippen molar-refractivity contribution in [3.8, 4) is 0 Å². The van der Waals surface area contributed by atoms with Crippen molar-refractivity contribution in [1.29, 1.82) is 0 Å². The van der Waals surface area contributed by atoms with Crippen LogP contribution >= 0.6 is 0 Å². The van der Waals surface area contributed by atoms with E-state index >= 15 is 0 Å². The van der Waals surface area contributed by atoms with Crippen LogP contribution in [0.4, 0.5) is 5.69 Å². The Hall–Kier alpha value is -2.14. The zero-order valence-electron chi connectivity index (χ0n) is 12.4. The third-order valence-corrected chi connectivity index (χ3v) is 2.72. The quantitative estimate of drug-likeness (QED) is 0.508. The van der Waals surface area contributed by atoms with E-state index in [2.05, 4.69) is 24.5 Å². The minimum Gasteiger partial charge on any atom is -0.478 e. The van der Waals surface area contributed by atoms with Gasteiger partial charge in [-0.3, -0.25) is 4.79 Å². The summed E-state index contributed by atoms with van der Waals surface area (Å²) < 4.78 is 0. The Bertz CT molecular complexity index is 510. The SMILES string of the molecule is CC(C)NCCCC(=O)Nc1cccc(/C=C/C(=O)O)c1. The number of benzene rings is 1. The number of carboxylic acid groups (broad SMARTS) is 1. The molecule has 5 nitrogen and oxygen atoms in total. The number of rotatable bonds is 8. The van der Waals surface area contributed by atoms with E-state index in [1.807, 2.05) is 0 Å². The Balaban J connectivity index is 2.45. The van der Waals surface area contributed by atoms with Gasteiger partial charge in [-0.2, -0.15) is 0 Å². The van der Waals surface area contributed by atoms with Gasteiger partial charge in [-0.05, 0) is 36.7 Å². The van der Waals surface area contributed by atoms with Crippen molar-refractivity contribution in [2.24, 2.45) is 0 Å². The largest absolute Gasteiger partial charge is 0.478 e. The fourth-order valence-corrected chi connectivity index (χ4v) is 1.75. The zero-order valence-corrected chi connectivity index (χ0v) is 12.4. The second-order valence-electron chi connectivity index (χ2n) is 5.06. The van der Waals surface area contributed by atoms with Gasteiger partial charge in [0.1, 0.15) is 0 Å². The summed E-state index contributed by atoms with van der Waals surface area (Å²) in [5, 5.41) is 14.7. The molecule has 5 heteroatoms. The fraction of sp³-hybridized carbons (Fsp3) is 0.375. The number of hydrogen-bond donors (Lipinski definition) is 3. The van der Waals surface area contributed by atoms with Crippen LogP contribution in [0.5, 0.6) is 0 Å². The lowest BCUT2D eigenvalue weighted by Gasteiger charge is -2.08. The lowest BCUT2D eigenvalue weighted by Crippen LogP contribution is -2.24. The van der Waals surface area contributed by atoms with Crippen LogP contribution in [0.2, 0.25) is 0 Å². The van der Waals surface area contributed by atoms with Gasteiger partial charge in [-0.1, -0.05) is 26.0 Å². The predicted molar refractivity (Wildman–Crippen MR) is 84.1 cm³/mol. The third kappa shape index (κ3) is 7.89. The summed E-state index contributed by atoms with van der Waals surface area (Å²) in [5.41, 5.74) is 1.40. The predicted octanol–water partition coefficient (Wildman–Crippen LogP) is 2.50.